The molecule has 0 fully saturated rings. The van der Waals surface area contributed by atoms with Gasteiger partial charge in [-0.3, -0.25) is 9.59 Å². The topological polar surface area (TPSA) is 100 Å². The molecule has 0 spiro atoms. The molecule has 0 saturated heterocycles. The van der Waals surface area contributed by atoms with Crippen molar-refractivity contribution >= 4 is 40.9 Å². The normalized spacial score (nSPS) is 10.8. The first-order chi connectivity index (χ1) is 16.8. The first kappa shape index (κ1) is 25.3. The number of carbonyl (C=O) groups is 2. The van der Waals surface area contributed by atoms with Gasteiger partial charge < -0.3 is 20.1 Å². The Morgan fingerprint density at radius 3 is 2.49 bits per heavy atom. The third kappa shape index (κ3) is 6.82. The molecule has 0 aliphatic rings. The standard InChI is InChI=1S/C26H21ClFN3O4/c1-16-5-3-4-6-22(16)31-26(33)18(14-29)11-17-12-21(27)25(23(13-17)34-2)35-15-24(32)30-20-9-7-19(28)8-10-20/h3-13H,15H2,1-2H3,(H,30,32)(H,31,33). The third-order valence-electron chi connectivity index (χ3n) is 4.80. The van der Waals surface area contributed by atoms with Crippen molar-refractivity contribution in [1.29, 1.82) is 5.26 Å². The van der Waals surface area contributed by atoms with E-state index in [9.17, 15) is 19.2 Å². The van der Waals surface area contributed by atoms with E-state index in [-0.39, 0.29) is 28.7 Å². The number of hydrogen-bond donors (Lipinski definition) is 2. The Labute approximate surface area is 206 Å². The summed E-state index contributed by atoms with van der Waals surface area (Å²) in [7, 11) is 1.39. The molecule has 3 aromatic rings. The molecule has 9 heteroatoms. The second kappa shape index (κ2) is 11.7. The number of methoxy groups -OCH3 is 1. The van der Waals surface area contributed by atoms with Crippen LogP contribution in [0.25, 0.3) is 6.08 Å². The van der Waals surface area contributed by atoms with Gasteiger partial charge in [0.05, 0.1) is 12.1 Å². The zero-order chi connectivity index (χ0) is 25.4. The number of benzene rings is 3. The van der Waals surface area contributed by atoms with Crippen LogP contribution in [0, 0.1) is 24.1 Å². The molecule has 0 atom stereocenters. The fraction of sp³-hybridized carbons (Fsp3) is 0.115. The van der Waals surface area contributed by atoms with Crippen LogP contribution >= 0.6 is 11.6 Å². The Hall–Kier alpha value is -4.35. The predicted molar refractivity (Wildman–Crippen MR) is 132 cm³/mol. The number of carbonyl (C=O) groups excluding carboxylic acids is 2. The van der Waals surface area contributed by atoms with Gasteiger partial charge >= 0.3 is 0 Å². The molecule has 3 rings (SSSR count). The lowest BCUT2D eigenvalue weighted by atomic mass is 10.1. The quantitative estimate of drug-likeness (QED) is 0.325. The second-order valence-electron chi connectivity index (χ2n) is 7.32. The van der Waals surface area contributed by atoms with Crippen LogP contribution in [0.4, 0.5) is 15.8 Å². The van der Waals surface area contributed by atoms with Crippen LogP contribution in [-0.4, -0.2) is 25.5 Å². The van der Waals surface area contributed by atoms with Gasteiger partial charge in [0, 0.05) is 11.4 Å². The number of nitriles is 1. The van der Waals surface area contributed by atoms with E-state index in [0.29, 0.717) is 16.9 Å². The van der Waals surface area contributed by atoms with E-state index in [4.69, 9.17) is 21.1 Å². The number of halogens is 2. The van der Waals surface area contributed by atoms with Gasteiger partial charge in [0.1, 0.15) is 17.5 Å². The lowest BCUT2D eigenvalue weighted by Gasteiger charge is -2.14. The van der Waals surface area contributed by atoms with Crippen LogP contribution in [0.3, 0.4) is 0 Å². The van der Waals surface area contributed by atoms with Gasteiger partial charge in [-0.25, -0.2) is 4.39 Å². The maximum atomic E-state index is 13.0. The van der Waals surface area contributed by atoms with Crippen molar-refractivity contribution in [2.75, 3.05) is 24.4 Å². The van der Waals surface area contributed by atoms with E-state index >= 15 is 0 Å². The van der Waals surface area contributed by atoms with Crippen molar-refractivity contribution in [2.24, 2.45) is 0 Å². The molecule has 0 bridgehead atoms. The fourth-order valence-corrected chi connectivity index (χ4v) is 3.32. The van der Waals surface area contributed by atoms with Crippen molar-refractivity contribution in [3.8, 4) is 17.6 Å². The van der Waals surface area contributed by atoms with Gasteiger partial charge in [0.2, 0.25) is 0 Å². The molecule has 0 radical (unpaired) electrons. The highest BCUT2D eigenvalue weighted by molar-refractivity contribution is 6.32. The number of anilines is 2. The molecule has 35 heavy (non-hydrogen) atoms. The zero-order valence-corrected chi connectivity index (χ0v) is 19.7. The van der Waals surface area contributed by atoms with Crippen LogP contribution in [0.15, 0.2) is 66.2 Å². The molecule has 2 amide bonds. The van der Waals surface area contributed by atoms with E-state index in [1.54, 1.807) is 12.1 Å². The van der Waals surface area contributed by atoms with Crippen molar-refractivity contribution < 1.29 is 23.5 Å². The highest BCUT2D eigenvalue weighted by Crippen LogP contribution is 2.37. The van der Waals surface area contributed by atoms with Crippen LogP contribution < -0.4 is 20.1 Å². The molecule has 0 saturated carbocycles. The maximum Gasteiger partial charge on any atom is 0.266 e. The summed E-state index contributed by atoms with van der Waals surface area (Å²) in [5.74, 6) is -1.16. The Morgan fingerprint density at radius 2 is 1.83 bits per heavy atom. The molecule has 0 aliphatic heterocycles. The van der Waals surface area contributed by atoms with Crippen molar-refractivity contribution in [1.82, 2.24) is 0 Å². The number of ether oxygens (including phenoxy) is 2. The van der Waals surface area contributed by atoms with Crippen LogP contribution in [0.5, 0.6) is 11.5 Å². The SMILES string of the molecule is COc1cc(C=C(C#N)C(=O)Nc2ccccc2C)cc(Cl)c1OCC(=O)Nc1ccc(F)cc1. The van der Waals surface area contributed by atoms with E-state index in [1.807, 2.05) is 25.1 Å². The number of aryl methyl sites for hydroxylation is 1. The Bertz CT molecular complexity index is 1320. The molecule has 3 aromatic carbocycles. The minimum absolute atomic E-state index is 0.113. The summed E-state index contributed by atoms with van der Waals surface area (Å²) in [6.07, 6.45) is 1.37. The largest absolute Gasteiger partial charge is 0.493 e. The van der Waals surface area contributed by atoms with Crippen molar-refractivity contribution in [3.63, 3.8) is 0 Å². The van der Waals surface area contributed by atoms with Crippen LogP contribution in [0.1, 0.15) is 11.1 Å². The van der Waals surface area contributed by atoms with Gasteiger partial charge in [-0.05, 0) is 66.6 Å². The minimum atomic E-state index is -0.574. The van der Waals surface area contributed by atoms with Crippen LogP contribution in [0.2, 0.25) is 5.02 Å². The number of rotatable bonds is 8. The van der Waals surface area contributed by atoms with Gasteiger partial charge in [-0.2, -0.15) is 5.26 Å². The Morgan fingerprint density at radius 1 is 1.11 bits per heavy atom. The summed E-state index contributed by atoms with van der Waals surface area (Å²) in [5.41, 5.74) is 2.14. The lowest BCUT2D eigenvalue weighted by molar-refractivity contribution is -0.118. The molecule has 0 unspecified atom stereocenters. The molecule has 0 aliphatic carbocycles. The molecular weight excluding hydrogens is 473 g/mol. The monoisotopic (exact) mass is 493 g/mol. The summed E-state index contributed by atoms with van der Waals surface area (Å²) in [6, 6.07) is 17.4. The Balaban J connectivity index is 1.74. The zero-order valence-electron chi connectivity index (χ0n) is 18.9. The van der Waals surface area contributed by atoms with E-state index in [0.717, 1.165) is 5.56 Å². The molecule has 0 heterocycles. The number of para-hydroxylation sites is 1. The minimum Gasteiger partial charge on any atom is -0.493 e. The molecule has 7 nitrogen and oxygen atoms in total. The van der Waals surface area contributed by atoms with E-state index < -0.39 is 17.6 Å². The van der Waals surface area contributed by atoms with E-state index in [1.165, 1.54) is 49.6 Å². The highest BCUT2D eigenvalue weighted by Gasteiger charge is 2.16. The first-order valence-corrected chi connectivity index (χ1v) is 10.7. The smallest absolute Gasteiger partial charge is 0.266 e. The third-order valence-corrected chi connectivity index (χ3v) is 5.08. The van der Waals surface area contributed by atoms with Gasteiger partial charge in [-0.1, -0.05) is 29.8 Å². The summed E-state index contributed by atoms with van der Waals surface area (Å²) < 4.78 is 23.9. The number of amides is 2. The summed E-state index contributed by atoms with van der Waals surface area (Å²) in [6.45, 7) is 1.46. The summed E-state index contributed by atoms with van der Waals surface area (Å²) in [5, 5.41) is 14.9. The van der Waals surface area contributed by atoms with Gasteiger partial charge in [0.25, 0.3) is 11.8 Å². The molecule has 2 N–H and O–H groups in total. The first-order valence-electron chi connectivity index (χ1n) is 10.3. The highest BCUT2D eigenvalue weighted by atomic mass is 35.5. The summed E-state index contributed by atoms with van der Waals surface area (Å²) in [4.78, 5) is 24.8. The number of hydrogen-bond acceptors (Lipinski definition) is 5. The second-order valence-corrected chi connectivity index (χ2v) is 7.72. The molecule has 0 aromatic heterocycles. The van der Waals surface area contributed by atoms with Gasteiger partial charge in [0.15, 0.2) is 18.1 Å². The number of nitrogens with zero attached hydrogens (tertiary/aromatic N) is 1. The maximum absolute atomic E-state index is 13.0. The Kier molecular flexibility index (Phi) is 8.43. The average Bonchev–Trinajstić information content (AvgIpc) is 2.84. The summed E-state index contributed by atoms with van der Waals surface area (Å²) >= 11 is 6.34. The van der Waals surface area contributed by atoms with Crippen molar-refractivity contribution in [2.45, 2.75) is 6.92 Å². The lowest BCUT2D eigenvalue weighted by Crippen LogP contribution is -2.20. The van der Waals surface area contributed by atoms with E-state index in [2.05, 4.69) is 10.6 Å². The van der Waals surface area contributed by atoms with Crippen molar-refractivity contribution in [3.05, 3.63) is 88.2 Å². The number of nitrogens with one attached hydrogen (secondary N) is 2. The average molecular weight is 494 g/mol. The van der Waals surface area contributed by atoms with Gasteiger partial charge in [-0.15, -0.1) is 0 Å². The predicted octanol–water partition coefficient (Wildman–Crippen LogP) is 5.36. The van der Waals surface area contributed by atoms with Crippen LogP contribution in [-0.2, 0) is 9.59 Å². The fourth-order valence-electron chi connectivity index (χ4n) is 3.05. The molecule has 178 valence electrons. The molecular formula is C26H21ClFN3O4.